The molecule has 0 aliphatic heterocycles. The van der Waals surface area contributed by atoms with E-state index in [-0.39, 0.29) is 18.3 Å². The van der Waals surface area contributed by atoms with Crippen molar-refractivity contribution in [1.29, 1.82) is 5.41 Å². The van der Waals surface area contributed by atoms with Crippen LogP contribution in [0.3, 0.4) is 0 Å². The lowest BCUT2D eigenvalue weighted by atomic mass is 10.0. The number of methoxy groups -OCH3 is 2. The van der Waals surface area contributed by atoms with Gasteiger partial charge in [-0.05, 0) is 41.0 Å². The quantitative estimate of drug-likeness (QED) is 0.166. The lowest BCUT2D eigenvalue weighted by Crippen LogP contribution is -2.52. The minimum Gasteiger partial charge on any atom is -0.493 e. The van der Waals surface area contributed by atoms with Gasteiger partial charge in [0.2, 0.25) is 11.8 Å². The van der Waals surface area contributed by atoms with E-state index in [9.17, 15) is 9.59 Å². The fraction of sp³-hybridized carbons (Fsp3) is 0.226. The van der Waals surface area contributed by atoms with Gasteiger partial charge in [0.1, 0.15) is 6.04 Å². The molecule has 0 bridgehead atoms. The summed E-state index contributed by atoms with van der Waals surface area (Å²) in [7, 11) is 4.93. The molecular weight excluding hydrogens is 520 g/mol. The van der Waals surface area contributed by atoms with Crippen molar-refractivity contribution in [3.63, 3.8) is 0 Å². The molecule has 3 aromatic carbocycles. The average Bonchev–Trinajstić information content (AvgIpc) is 3.42. The molecule has 1 heterocycles. The van der Waals surface area contributed by atoms with Crippen LogP contribution in [-0.2, 0) is 36.0 Å². The molecule has 41 heavy (non-hydrogen) atoms. The molecular formula is C31H34N6O4. The zero-order valence-electron chi connectivity index (χ0n) is 23.3. The lowest BCUT2D eigenvalue weighted by molar-refractivity contribution is -0.123. The number of hydrogen-bond acceptors (Lipinski definition) is 6. The number of rotatable bonds is 11. The molecule has 2 amide bonds. The molecule has 10 heteroatoms. The van der Waals surface area contributed by atoms with Crippen LogP contribution < -0.4 is 25.4 Å². The van der Waals surface area contributed by atoms with E-state index < -0.39 is 11.9 Å². The van der Waals surface area contributed by atoms with E-state index in [0.29, 0.717) is 30.0 Å². The summed E-state index contributed by atoms with van der Waals surface area (Å²) in [5.74, 6) is 0.111. The molecule has 4 N–H and O–H groups in total. The zero-order valence-corrected chi connectivity index (χ0v) is 23.3. The fourth-order valence-electron chi connectivity index (χ4n) is 4.35. The van der Waals surface area contributed by atoms with Crippen molar-refractivity contribution in [1.82, 2.24) is 25.7 Å². The smallest absolute Gasteiger partial charge is 0.243 e. The largest absolute Gasteiger partial charge is 0.493 e. The summed E-state index contributed by atoms with van der Waals surface area (Å²) in [4.78, 5) is 26.0. The molecule has 0 radical (unpaired) electrons. The number of ether oxygens (including phenoxy) is 2. The second kappa shape index (κ2) is 13.8. The van der Waals surface area contributed by atoms with Crippen LogP contribution in [0.5, 0.6) is 11.5 Å². The van der Waals surface area contributed by atoms with E-state index in [4.69, 9.17) is 14.9 Å². The van der Waals surface area contributed by atoms with E-state index in [1.807, 2.05) is 73.9 Å². The van der Waals surface area contributed by atoms with Gasteiger partial charge < -0.3 is 20.1 Å². The topological polar surface area (TPSA) is 130 Å². The molecule has 212 valence electrons. The summed E-state index contributed by atoms with van der Waals surface area (Å²) < 4.78 is 12.3. The first-order valence-corrected chi connectivity index (χ1v) is 13.1. The Labute approximate surface area is 239 Å². The van der Waals surface area contributed by atoms with Crippen LogP contribution in [0.1, 0.15) is 16.7 Å². The lowest BCUT2D eigenvalue weighted by Gasteiger charge is -2.20. The summed E-state index contributed by atoms with van der Waals surface area (Å²) in [5, 5.41) is 21.2. The molecule has 0 saturated heterocycles. The van der Waals surface area contributed by atoms with Gasteiger partial charge in [0.05, 0.1) is 26.3 Å². The molecule has 0 aliphatic carbocycles. The highest BCUT2D eigenvalue weighted by molar-refractivity contribution is 5.98. The van der Waals surface area contributed by atoms with Gasteiger partial charge >= 0.3 is 0 Å². The van der Waals surface area contributed by atoms with Gasteiger partial charge in [-0.1, -0.05) is 54.6 Å². The molecule has 4 rings (SSSR count). The van der Waals surface area contributed by atoms with Crippen molar-refractivity contribution < 1.29 is 19.1 Å². The fourth-order valence-corrected chi connectivity index (χ4v) is 4.35. The molecule has 1 aromatic heterocycles. The Balaban J connectivity index is 1.39. The SMILES string of the molecule is COc1ccc(CC(=O)NC(=N)N[C@H](Cc2ccccc2)C(=O)NCc2cccc(-c3ccn(C)n3)c2)cc1OC. The monoisotopic (exact) mass is 554 g/mol. The summed E-state index contributed by atoms with van der Waals surface area (Å²) >= 11 is 0. The number of nitrogens with one attached hydrogen (secondary N) is 4. The normalized spacial score (nSPS) is 11.3. The van der Waals surface area contributed by atoms with Gasteiger partial charge in [-0.3, -0.25) is 25.0 Å². The van der Waals surface area contributed by atoms with E-state index in [0.717, 1.165) is 22.4 Å². The van der Waals surface area contributed by atoms with E-state index in [1.54, 1.807) is 30.0 Å². The maximum Gasteiger partial charge on any atom is 0.243 e. The van der Waals surface area contributed by atoms with Crippen LogP contribution in [0.2, 0.25) is 0 Å². The number of carbonyl (C=O) groups excluding carboxylic acids is 2. The van der Waals surface area contributed by atoms with Crippen molar-refractivity contribution in [2.24, 2.45) is 7.05 Å². The van der Waals surface area contributed by atoms with Crippen LogP contribution in [0, 0.1) is 5.41 Å². The highest BCUT2D eigenvalue weighted by Gasteiger charge is 2.21. The maximum atomic E-state index is 13.3. The maximum absolute atomic E-state index is 13.3. The Bertz CT molecular complexity index is 1500. The van der Waals surface area contributed by atoms with Crippen LogP contribution in [-0.4, -0.2) is 47.8 Å². The van der Waals surface area contributed by atoms with Gasteiger partial charge in [0.15, 0.2) is 17.5 Å². The third-order valence-electron chi connectivity index (χ3n) is 6.40. The number of carbonyl (C=O) groups is 2. The second-order valence-electron chi connectivity index (χ2n) is 9.47. The number of aromatic nitrogens is 2. The van der Waals surface area contributed by atoms with Crippen LogP contribution in [0.15, 0.2) is 85.1 Å². The predicted molar refractivity (Wildman–Crippen MR) is 157 cm³/mol. The Morgan fingerprint density at radius 3 is 2.37 bits per heavy atom. The van der Waals surface area contributed by atoms with Crippen molar-refractivity contribution in [2.75, 3.05) is 14.2 Å². The van der Waals surface area contributed by atoms with E-state index in [2.05, 4.69) is 21.0 Å². The molecule has 1 atom stereocenters. The Morgan fingerprint density at radius 2 is 1.66 bits per heavy atom. The van der Waals surface area contributed by atoms with Gasteiger partial charge in [-0.2, -0.15) is 5.10 Å². The number of hydrogen-bond donors (Lipinski definition) is 4. The predicted octanol–water partition coefficient (Wildman–Crippen LogP) is 3.22. The first-order chi connectivity index (χ1) is 19.8. The molecule has 0 spiro atoms. The number of guanidine groups is 1. The number of benzene rings is 3. The third kappa shape index (κ3) is 8.18. The summed E-state index contributed by atoms with van der Waals surface area (Å²) in [6, 6.07) is 23.7. The first-order valence-electron chi connectivity index (χ1n) is 13.1. The minimum atomic E-state index is -0.787. The number of aryl methyl sites for hydroxylation is 1. The van der Waals surface area contributed by atoms with Gasteiger partial charge in [0, 0.05) is 31.8 Å². The summed E-state index contributed by atoms with van der Waals surface area (Å²) in [5.41, 5.74) is 4.33. The van der Waals surface area contributed by atoms with Crippen molar-refractivity contribution >= 4 is 17.8 Å². The Hall–Kier alpha value is -5.12. The average molecular weight is 555 g/mol. The van der Waals surface area contributed by atoms with Crippen LogP contribution in [0.4, 0.5) is 0 Å². The third-order valence-corrected chi connectivity index (χ3v) is 6.40. The van der Waals surface area contributed by atoms with Crippen molar-refractivity contribution in [3.8, 4) is 22.8 Å². The van der Waals surface area contributed by atoms with Crippen LogP contribution in [0.25, 0.3) is 11.3 Å². The molecule has 0 saturated carbocycles. The molecule has 0 fully saturated rings. The zero-order chi connectivity index (χ0) is 29.2. The van der Waals surface area contributed by atoms with Gasteiger partial charge in [0.25, 0.3) is 0 Å². The van der Waals surface area contributed by atoms with E-state index in [1.165, 1.54) is 7.11 Å². The van der Waals surface area contributed by atoms with Crippen molar-refractivity contribution in [3.05, 3.63) is 102 Å². The summed E-state index contributed by atoms with van der Waals surface area (Å²) in [6.45, 7) is 0.297. The second-order valence-corrected chi connectivity index (χ2v) is 9.47. The molecule has 10 nitrogen and oxygen atoms in total. The van der Waals surface area contributed by atoms with Gasteiger partial charge in [-0.25, -0.2) is 0 Å². The Morgan fingerprint density at radius 1 is 0.902 bits per heavy atom. The van der Waals surface area contributed by atoms with E-state index >= 15 is 0 Å². The highest BCUT2D eigenvalue weighted by atomic mass is 16.5. The first kappa shape index (κ1) is 28.9. The van der Waals surface area contributed by atoms with Crippen LogP contribution >= 0.6 is 0 Å². The highest BCUT2D eigenvalue weighted by Crippen LogP contribution is 2.27. The minimum absolute atomic E-state index is 0.0204. The molecule has 0 unspecified atom stereocenters. The standard InChI is InChI=1S/C31H34N6O4/c1-37-15-14-25(36-37)24-11-7-10-23(16-24)20-33-30(39)26(17-21-8-5-4-6-9-21)34-31(32)35-29(38)19-22-12-13-27(40-2)28(18-22)41-3/h4-16,18,26H,17,19-20H2,1-3H3,(H,33,39)(H3,32,34,35,38)/t26-/m1/s1. The molecule has 0 aliphatic rings. The summed E-state index contributed by atoms with van der Waals surface area (Å²) in [6.07, 6.45) is 2.23. The van der Waals surface area contributed by atoms with Crippen molar-refractivity contribution in [2.45, 2.75) is 25.4 Å². The van der Waals surface area contributed by atoms with Gasteiger partial charge in [-0.15, -0.1) is 0 Å². The number of amides is 2. The molecule has 4 aromatic rings. The Kier molecular flexibility index (Phi) is 9.71. The number of nitrogens with zero attached hydrogens (tertiary/aromatic N) is 2.